The quantitative estimate of drug-likeness (QED) is 0.744. The van der Waals surface area contributed by atoms with Gasteiger partial charge in [-0.15, -0.1) is 0 Å². The highest BCUT2D eigenvalue weighted by molar-refractivity contribution is 5.96. The zero-order chi connectivity index (χ0) is 12.0. The Labute approximate surface area is 102 Å². The fourth-order valence-electron chi connectivity index (χ4n) is 2.49. The van der Waals surface area contributed by atoms with Crippen LogP contribution < -0.4 is 4.74 Å². The standard InChI is InChI=1S/C15H18O2/c1-15(2)9-12-8-11(5-6-14(12)17-15)13(16)7-10-3-4-10/h5-6,8,10H,3-4,7,9H2,1-2H3. The van der Waals surface area contributed by atoms with Crippen LogP contribution in [0.4, 0.5) is 0 Å². The SMILES string of the molecule is CC1(C)Cc2cc(C(=O)CC3CC3)ccc2O1. The van der Waals surface area contributed by atoms with Gasteiger partial charge < -0.3 is 4.74 Å². The molecule has 1 aliphatic carbocycles. The molecule has 0 N–H and O–H groups in total. The van der Waals surface area contributed by atoms with Gasteiger partial charge in [-0.25, -0.2) is 0 Å². The van der Waals surface area contributed by atoms with Crippen LogP contribution in [0.3, 0.4) is 0 Å². The smallest absolute Gasteiger partial charge is 0.163 e. The lowest BCUT2D eigenvalue weighted by Crippen LogP contribution is -2.24. The summed E-state index contributed by atoms with van der Waals surface area (Å²) in [6.07, 6.45) is 4.08. The summed E-state index contributed by atoms with van der Waals surface area (Å²) in [5.41, 5.74) is 1.91. The molecule has 2 aliphatic rings. The normalized spacial score (nSPS) is 20.8. The van der Waals surface area contributed by atoms with Gasteiger partial charge in [0.15, 0.2) is 5.78 Å². The Morgan fingerprint density at radius 1 is 1.41 bits per heavy atom. The molecule has 0 amide bonds. The van der Waals surface area contributed by atoms with Crippen LogP contribution in [0, 0.1) is 5.92 Å². The van der Waals surface area contributed by atoms with Gasteiger partial charge in [-0.2, -0.15) is 0 Å². The first kappa shape index (κ1) is 10.8. The Morgan fingerprint density at radius 3 is 2.88 bits per heavy atom. The zero-order valence-electron chi connectivity index (χ0n) is 10.5. The number of hydrogen-bond donors (Lipinski definition) is 0. The highest BCUT2D eigenvalue weighted by Crippen LogP contribution is 2.37. The number of benzene rings is 1. The molecule has 1 heterocycles. The van der Waals surface area contributed by atoms with E-state index in [0.29, 0.717) is 11.7 Å². The van der Waals surface area contributed by atoms with Gasteiger partial charge in [0, 0.05) is 18.4 Å². The maximum Gasteiger partial charge on any atom is 0.163 e. The molecule has 2 heteroatoms. The van der Waals surface area contributed by atoms with Crippen LogP contribution in [-0.2, 0) is 6.42 Å². The first-order valence-corrected chi connectivity index (χ1v) is 6.39. The molecule has 0 saturated heterocycles. The average Bonchev–Trinajstić information content (AvgIpc) is 2.97. The van der Waals surface area contributed by atoms with Gasteiger partial charge in [0.2, 0.25) is 0 Å². The molecule has 1 aromatic carbocycles. The molecule has 90 valence electrons. The van der Waals surface area contributed by atoms with Crippen molar-refractivity contribution < 1.29 is 9.53 Å². The third kappa shape index (κ3) is 2.21. The van der Waals surface area contributed by atoms with Crippen LogP contribution in [0.5, 0.6) is 5.75 Å². The van der Waals surface area contributed by atoms with E-state index in [1.54, 1.807) is 0 Å². The molecule has 3 rings (SSSR count). The molecule has 1 fully saturated rings. The number of rotatable bonds is 3. The average molecular weight is 230 g/mol. The molecule has 0 radical (unpaired) electrons. The number of Topliss-reactive ketones (excluding diaryl/α,β-unsaturated/α-hetero) is 1. The van der Waals surface area contributed by atoms with Gasteiger partial charge in [0.25, 0.3) is 0 Å². The minimum Gasteiger partial charge on any atom is -0.487 e. The predicted octanol–water partition coefficient (Wildman–Crippen LogP) is 3.38. The van der Waals surface area contributed by atoms with E-state index in [9.17, 15) is 4.79 Å². The molecule has 0 bridgehead atoms. The van der Waals surface area contributed by atoms with Gasteiger partial charge in [0.1, 0.15) is 11.4 Å². The van der Waals surface area contributed by atoms with Gasteiger partial charge in [0.05, 0.1) is 0 Å². The summed E-state index contributed by atoms with van der Waals surface area (Å²) >= 11 is 0. The highest BCUT2D eigenvalue weighted by atomic mass is 16.5. The Kier molecular flexibility index (Phi) is 2.29. The second-order valence-electron chi connectivity index (χ2n) is 5.93. The van der Waals surface area contributed by atoms with E-state index in [-0.39, 0.29) is 5.60 Å². The van der Waals surface area contributed by atoms with E-state index in [2.05, 4.69) is 13.8 Å². The summed E-state index contributed by atoms with van der Waals surface area (Å²) in [6.45, 7) is 4.16. The first-order valence-electron chi connectivity index (χ1n) is 6.39. The van der Waals surface area contributed by atoms with Crippen LogP contribution in [0.2, 0.25) is 0 Å². The van der Waals surface area contributed by atoms with Crippen LogP contribution in [0.1, 0.15) is 49.0 Å². The second-order valence-corrected chi connectivity index (χ2v) is 5.93. The molecule has 0 atom stereocenters. The zero-order valence-corrected chi connectivity index (χ0v) is 10.5. The van der Waals surface area contributed by atoms with Crippen molar-refractivity contribution in [2.45, 2.75) is 45.1 Å². The third-order valence-corrected chi connectivity index (χ3v) is 3.56. The van der Waals surface area contributed by atoms with Crippen molar-refractivity contribution in [3.8, 4) is 5.75 Å². The predicted molar refractivity (Wildman–Crippen MR) is 66.5 cm³/mol. The van der Waals surface area contributed by atoms with Crippen molar-refractivity contribution >= 4 is 5.78 Å². The number of ketones is 1. The third-order valence-electron chi connectivity index (χ3n) is 3.56. The summed E-state index contributed by atoms with van der Waals surface area (Å²) in [7, 11) is 0. The Hall–Kier alpha value is -1.31. The van der Waals surface area contributed by atoms with E-state index < -0.39 is 0 Å². The summed E-state index contributed by atoms with van der Waals surface area (Å²) in [6, 6.07) is 5.88. The van der Waals surface area contributed by atoms with Gasteiger partial charge >= 0.3 is 0 Å². The Morgan fingerprint density at radius 2 is 2.18 bits per heavy atom. The number of carbonyl (C=O) groups excluding carboxylic acids is 1. The fourth-order valence-corrected chi connectivity index (χ4v) is 2.49. The van der Waals surface area contributed by atoms with Crippen molar-refractivity contribution in [3.05, 3.63) is 29.3 Å². The van der Waals surface area contributed by atoms with Crippen LogP contribution in [-0.4, -0.2) is 11.4 Å². The van der Waals surface area contributed by atoms with Gasteiger partial charge in [-0.05, 0) is 56.4 Å². The number of hydrogen-bond acceptors (Lipinski definition) is 2. The second kappa shape index (κ2) is 3.59. The monoisotopic (exact) mass is 230 g/mol. The molecule has 0 spiro atoms. The Balaban J connectivity index is 1.82. The van der Waals surface area contributed by atoms with Gasteiger partial charge in [-0.1, -0.05) is 0 Å². The van der Waals surface area contributed by atoms with Crippen molar-refractivity contribution in [1.29, 1.82) is 0 Å². The maximum atomic E-state index is 12.0. The lowest BCUT2D eigenvalue weighted by molar-refractivity contribution is 0.0976. The lowest BCUT2D eigenvalue weighted by atomic mass is 9.98. The Bertz CT molecular complexity index is 470. The van der Waals surface area contributed by atoms with E-state index in [0.717, 1.165) is 24.2 Å². The maximum absolute atomic E-state index is 12.0. The van der Waals surface area contributed by atoms with Crippen LogP contribution >= 0.6 is 0 Å². The van der Waals surface area contributed by atoms with Crippen LogP contribution in [0.15, 0.2) is 18.2 Å². The first-order chi connectivity index (χ1) is 8.03. The van der Waals surface area contributed by atoms with Crippen LogP contribution in [0.25, 0.3) is 0 Å². The molecule has 0 unspecified atom stereocenters. The molecule has 2 nitrogen and oxygen atoms in total. The topological polar surface area (TPSA) is 26.3 Å². The largest absolute Gasteiger partial charge is 0.487 e. The van der Waals surface area contributed by atoms with E-state index in [1.807, 2.05) is 18.2 Å². The molecular formula is C15H18O2. The van der Waals surface area contributed by atoms with Crippen molar-refractivity contribution in [2.24, 2.45) is 5.92 Å². The molecule has 0 aromatic heterocycles. The minimum absolute atomic E-state index is 0.125. The van der Waals surface area contributed by atoms with Crippen molar-refractivity contribution in [1.82, 2.24) is 0 Å². The summed E-state index contributed by atoms with van der Waals surface area (Å²) in [5, 5.41) is 0. The van der Waals surface area contributed by atoms with Gasteiger partial charge in [-0.3, -0.25) is 4.79 Å². The van der Waals surface area contributed by atoms with Crippen molar-refractivity contribution in [2.75, 3.05) is 0 Å². The summed E-state index contributed by atoms with van der Waals surface area (Å²) in [4.78, 5) is 12.0. The van der Waals surface area contributed by atoms with E-state index in [1.165, 1.54) is 18.4 Å². The summed E-state index contributed by atoms with van der Waals surface area (Å²) < 4.78 is 5.81. The van der Waals surface area contributed by atoms with Crippen molar-refractivity contribution in [3.63, 3.8) is 0 Å². The highest BCUT2D eigenvalue weighted by Gasteiger charge is 2.31. The molecule has 1 aliphatic heterocycles. The molecule has 17 heavy (non-hydrogen) atoms. The fraction of sp³-hybridized carbons (Fsp3) is 0.533. The molecule has 1 saturated carbocycles. The minimum atomic E-state index is -0.125. The number of carbonyl (C=O) groups is 1. The molecular weight excluding hydrogens is 212 g/mol. The summed E-state index contributed by atoms with van der Waals surface area (Å²) in [5.74, 6) is 1.89. The number of ether oxygens (including phenoxy) is 1. The number of fused-ring (bicyclic) bond motifs is 1. The molecule has 1 aromatic rings. The van der Waals surface area contributed by atoms with E-state index in [4.69, 9.17) is 4.74 Å². The lowest BCUT2D eigenvalue weighted by Gasteiger charge is -2.16. The van der Waals surface area contributed by atoms with E-state index >= 15 is 0 Å².